The molecule has 4 nitrogen and oxygen atoms in total. The normalized spacial score (nSPS) is 21.2. The van der Waals surface area contributed by atoms with Gasteiger partial charge in [-0.2, -0.15) is 4.31 Å². The third kappa shape index (κ3) is 2.41. The summed E-state index contributed by atoms with van der Waals surface area (Å²) in [7, 11) is -1.99. The van der Waals surface area contributed by atoms with Crippen LogP contribution in [-0.4, -0.2) is 32.4 Å². The average Bonchev–Trinajstić information content (AvgIpc) is 2.76. The highest BCUT2D eigenvalue weighted by Gasteiger charge is 2.34. The highest BCUT2D eigenvalue weighted by Crippen LogP contribution is 2.33. The molecule has 1 atom stereocenters. The molecule has 1 aliphatic heterocycles. The van der Waals surface area contributed by atoms with Crippen molar-refractivity contribution in [3.8, 4) is 5.75 Å². The Morgan fingerprint density at radius 1 is 1.44 bits per heavy atom. The van der Waals surface area contributed by atoms with E-state index < -0.39 is 10.0 Å². The molecular formula is C12H16BrNO3S. The molecule has 1 aromatic rings. The van der Waals surface area contributed by atoms with Gasteiger partial charge in [-0.15, -0.1) is 0 Å². The Kier molecular flexibility index (Phi) is 3.99. The van der Waals surface area contributed by atoms with Crippen molar-refractivity contribution in [3.05, 3.63) is 22.7 Å². The van der Waals surface area contributed by atoms with E-state index >= 15 is 0 Å². The van der Waals surface area contributed by atoms with E-state index in [1.807, 2.05) is 6.92 Å². The highest BCUT2D eigenvalue weighted by atomic mass is 79.9. The molecule has 2 rings (SSSR count). The fourth-order valence-electron chi connectivity index (χ4n) is 2.24. The standard InChI is InChI=1S/C12H16BrNO3S/c1-9-4-3-7-14(9)18(15,16)12-8-10(13)5-6-11(12)17-2/h5-6,8-9H,3-4,7H2,1-2H3. The lowest BCUT2D eigenvalue weighted by atomic mass is 10.3. The zero-order valence-corrected chi connectivity index (χ0v) is 12.8. The van der Waals surface area contributed by atoms with E-state index in [1.165, 1.54) is 7.11 Å². The molecule has 1 aliphatic rings. The summed E-state index contributed by atoms with van der Waals surface area (Å²) >= 11 is 3.30. The van der Waals surface area contributed by atoms with Gasteiger partial charge in [-0.25, -0.2) is 8.42 Å². The number of methoxy groups -OCH3 is 1. The first-order valence-corrected chi connectivity index (χ1v) is 8.05. The predicted octanol–water partition coefficient (Wildman–Crippen LogP) is 2.63. The van der Waals surface area contributed by atoms with E-state index in [2.05, 4.69) is 15.9 Å². The molecule has 100 valence electrons. The zero-order valence-electron chi connectivity index (χ0n) is 10.4. The summed E-state index contributed by atoms with van der Waals surface area (Å²) in [5.41, 5.74) is 0. The lowest BCUT2D eigenvalue weighted by Gasteiger charge is -2.22. The van der Waals surface area contributed by atoms with Crippen LogP contribution in [0.2, 0.25) is 0 Å². The summed E-state index contributed by atoms with van der Waals surface area (Å²) in [6.45, 7) is 2.52. The second-order valence-corrected chi connectivity index (χ2v) is 7.18. The van der Waals surface area contributed by atoms with Crippen molar-refractivity contribution in [3.63, 3.8) is 0 Å². The molecule has 0 amide bonds. The summed E-state index contributed by atoms with van der Waals surface area (Å²) < 4.78 is 32.6. The van der Waals surface area contributed by atoms with Gasteiger partial charge in [0.2, 0.25) is 10.0 Å². The molecular weight excluding hydrogens is 318 g/mol. The highest BCUT2D eigenvalue weighted by molar-refractivity contribution is 9.10. The summed E-state index contributed by atoms with van der Waals surface area (Å²) in [5.74, 6) is 0.386. The summed E-state index contributed by atoms with van der Waals surface area (Å²) in [6, 6.07) is 5.08. The Morgan fingerprint density at radius 2 is 2.17 bits per heavy atom. The maximum atomic E-state index is 12.6. The van der Waals surface area contributed by atoms with Crippen LogP contribution in [0.3, 0.4) is 0 Å². The third-order valence-electron chi connectivity index (χ3n) is 3.20. The molecule has 1 unspecified atom stereocenters. The molecule has 1 heterocycles. The fraction of sp³-hybridized carbons (Fsp3) is 0.500. The van der Waals surface area contributed by atoms with Crippen LogP contribution < -0.4 is 4.74 Å². The Hall–Kier alpha value is -0.590. The van der Waals surface area contributed by atoms with Crippen molar-refractivity contribution in [2.75, 3.05) is 13.7 Å². The minimum absolute atomic E-state index is 0.0543. The SMILES string of the molecule is COc1ccc(Br)cc1S(=O)(=O)N1CCCC1C. The van der Waals surface area contributed by atoms with Gasteiger partial charge >= 0.3 is 0 Å². The van der Waals surface area contributed by atoms with E-state index in [0.717, 1.165) is 17.3 Å². The number of rotatable bonds is 3. The molecule has 0 bridgehead atoms. The second kappa shape index (κ2) is 5.19. The van der Waals surface area contributed by atoms with Gasteiger partial charge in [0, 0.05) is 17.1 Å². The molecule has 1 fully saturated rings. The van der Waals surface area contributed by atoms with Crippen LogP contribution in [0.15, 0.2) is 27.6 Å². The maximum Gasteiger partial charge on any atom is 0.247 e. The van der Waals surface area contributed by atoms with Crippen LogP contribution in [0.1, 0.15) is 19.8 Å². The fourth-order valence-corrected chi connectivity index (χ4v) is 4.64. The van der Waals surface area contributed by atoms with E-state index in [9.17, 15) is 8.42 Å². The minimum Gasteiger partial charge on any atom is -0.495 e. The van der Waals surface area contributed by atoms with E-state index in [1.54, 1.807) is 22.5 Å². The number of ether oxygens (including phenoxy) is 1. The lowest BCUT2D eigenvalue weighted by Crippen LogP contribution is -2.33. The smallest absolute Gasteiger partial charge is 0.247 e. The van der Waals surface area contributed by atoms with Gasteiger partial charge in [-0.05, 0) is 38.0 Å². The van der Waals surface area contributed by atoms with Crippen LogP contribution in [0.4, 0.5) is 0 Å². The molecule has 0 aromatic heterocycles. The average molecular weight is 334 g/mol. The monoisotopic (exact) mass is 333 g/mol. The number of hydrogen-bond donors (Lipinski definition) is 0. The Bertz CT molecular complexity index is 544. The lowest BCUT2D eigenvalue weighted by molar-refractivity contribution is 0.386. The molecule has 0 spiro atoms. The molecule has 1 saturated heterocycles. The summed E-state index contributed by atoms with van der Waals surface area (Å²) in [5, 5.41) is 0. The van der Waals surface area contributed by atoms with Crippen molar-refractivity contribution in [2.24, 2.45) is 0 Å². The molecule has 6 heteroatoms. The maximum absolute atomic E-state index is 12.6. The van der Waals surface area contributed by atoms with Gasteiger partial charge in [0.05, 0.1) is 7.11 Å². The number of nitrogens with zero attached hydrogens (tertiary/aromatic N) is 1. The summed E-state index contributed by atoms with van der Waals surface area (Å²) in [6.07, 6.45) is 1.83. The first kappa shape index (κ1) is 13.8. The van der Waals surface area contributed by atoms with Gasteiger partial charge in [0.15, 0.2) is 0 Å². The number of sulfonamides is 1. The van der Waals surface area contributed by atoms with Gasteiger partial charge < -0.3 is 4.74 Å². The van der Waals surface area contributed by atoms with E-state index in [4.69, 9.17) is 4.74 Å². The summed E-state index contributed by atoms with van der Waals surface area (Å²) in [4.78, 5) is 0.230. The molecule has 0 saturated carbocycles. The third-order valence-corrected chi connectivity index (χ3v) is 5.73. The molecule has 18 heavy (non-hydrogen) atoms. The van der Waals surface area contributed by atoms with E-state index in [0.29, 0.717) is 12.3 Å². The second-order valence-electron chi connectivity index (χ2n) is 4.40. The molecule has 0 aliphatic carbocycles. The number of halogens is 1. The quantitative estimate of drug-likeness (QED) is 0.854. The van der Waals surface area contributed by atoms with Crippen molar-refractivity contribution >= 4 is 26.0 Å². The Labute approximate surface area is 116 Å². The van der Waals surface area contributed by atoms with Crippen molar-refractivity contribution < 1.29 is 13.2 Å². The zero-order chi connectivity index (χ0) is 13.3. The molecule has 1 aromatic carbocycles. The van der Waals surface area contributed by atoms with Gasteiger partial charge in [-0.1, -0.05) is 15.9 Å². The first-order chi connectivity index (χ1) is 8.46. The van der Waals surface area contributed by atoms with Gasteiger partial charge in [0.1, 0.15) is 10.6 Å². The van der Waals surface area contributed by atoms with Crippen LogP contribution in [0.25, 0.3) is 0 Å². The van der Waals surface area contributed by atoms with Crippen LogP contribution in [0.5, 0.6) is 5.75 Å². The van der Waals surface area contributed by atoms with Gasteiger partial charge in [-0.3, -0.25) is 0 Å². The predicted molar refractivity (Wildman–Crippen MR) is 73.3 cm³/mol. The Morgan fingerprint density at radius 3 is 2.72 bits per heavy atom. The van der Waals surface area contributed by atoms with Crippen molar-refractivity contribution in [1.29, 1.82) is 0 Å². The van der Waals surface area contributed by atoms with E-state index in [-0.39, 0.29) is 10.9 Å². The topological polar surface area (TPSA) is 46.6 Å². The van der Waals surface area contributed by atoms with Gasteiger partial charge in [0.25, 0.3) is 0 Å². The van der Waals surface area contributed by atoms with Crippen LogP contribution in [0, 0.1) is 0 Å². The number of hydrogen-bond acceptors (Lipinski definition) is 3. The first-order valence-electron chi connectivity index (χ1n) is 5.82. The van der Waals surface area contributed by atoms with Crippen molar-refractivity contribution in [2.45, 2.75) is 30.7 Å². The minimum atomic E-state index is -3.47. The van der Waals surface area contributed by atoms with Crippen LogP contribution >= 0.6 is 15.9 Å². The molecule has 0 radical (unpaired) electrons. The largest absolute Gasteiger partial charge is 0.495 e. The molecule has 0 N–H and O–H groups in total. The van der Waals surface area contributed by atoms with Crippen molar-refractivity contribution in [1.82, 2.24) is 4.31 Å². The van der Waals surface area contributed by atoms with Crippen LogP contribution in [-0.2, 0) is 10.0 Å². The Balaban J connectivity index is 2.49. The number of benzene rings is 1.